The third-order valence-electron chi connectivity index (χ3n) is 5.81. The summed E-state index contributed by atoms with van der Waals surface area (Å²) in [6.07, 6.45) is 2.08. The van der Waals surface area contributed by atoms with Gasteiger partial charge in [0.15, 0.2) is 5.60 Å². The Bertz CT molecular complexity index is 1060. The summed E-state index contributed by atoms with van der Waals surface area (Å²) in [7, 11) is 0. The maximum atomic E-state index is 13.1. The summed E-state index contributed by atoms with van der Waals surface area (Å²) >= 11 is 0. The lowest BCUT2D eigenvalue weighted by Crippen LogP contribution is -2.40. The highest BCUT2D eigenvalue weighted by Gasteiger charge is 2.45. The van der Waals surface area contributed by atoms with Gasteiger partial charge in [-0.3, -0.25) is 4.79 Å². The lowest BCUT2D eigenvalue weighted by molar-refractivity contribution is -0.167. The highest BCUT2D eigenvalue weighted by molar-refractivity contribution is 6.03. The SMILES string of the molecule is CC(C)(C)C(=O)OC1(CCCCO)c2ccccc2-c2cccc3cccc1c23. The molecule has 3 nitrogen and oxygen atoms in total. The number of carbonyl (C=O) groups excluding carboxylic acids is 1. The van der Waals surface area contributed by atoms with Crippen LogP contribution in [0.3, 0.4) is 0 Å². The Kier molecular flexibility index (Phi) is 4.95. The van der Waals surface area contributed by atoms with E-state index in [0.717, 1.165) is 33.9 Å². The average molecular weight is 389 g/mol. The smallest absolute Gasteiger partial charge is 0.312 e. The number of hydrogen-bond acceptors (Lipinski definition) is 3. The molecule has 4 rings (SSSR count). The van der Waals surface area contributed by atoms with Crippen LogP contribution < -0.4 is 0 Å². The summed E-state index contributed by atoms with van der Waals surface area (Å²) in [4.78, 5) is 13.1. The minimum atomic E-state index is -0.857. The van der Waals surface area contributed by atoms with Gasteiger partial charge in [0, 0.05) is 17.7 Å². The normalized spacial score (nSPS) is 17.8. The lowest BCUT2D eigenvalue weighted by atomic mass is 9.71. The summed E-state index contributed by atoms with van der Waals surface area (Å²) in [5, 5.41) is 11.7. The zero-order chi connectivity index (χ0) is 20.6. The van der Waals surface area contributed by atoms with Crippen LogP contribution in [0.5, 0.6) is 0 Å². The number of fused-ring (bicyclic) bond motifs is 2. The maximum Gasteiger partial charge on any atom is 0.312 e. The molecule has 150 valence electrons. The van der Waals surface area contributed by atoms with E-state index >= 15 is 0 Å². The standard InChI is InChI=1S/C26H28O3/c1-25(2,3)24(28)29-26(16-6-7-17-27)21-14-5-4-12-19(21)20-13-8-10-18-11-9-15-22(26)23(18)20/h4-5,8-15,27H,6-7,16-17H2,1-3H3. The van der Waals surface area contributed by atoms with Crippen LogP contribution in [-0.4, -0.2) is 17.7 Å². The number of rotatable bonds is 5. The van der Waals surface area contributed by atoms with E-state index in [2.05, 4.69) is 42.5 Å². The molecule has 29 heavy (non-hydrogen) atoms. The molecule has 0 aliphatic heterocycles. The first-order valence-electron chi connectivity index (χ1n) is 10.3. The molecular weight excluding hydrogens is 360 g/mol. The maximum absolute atomic E-state index is 13.1. The second-order valence-corrected chi connectivity index (χ2v) is 8.90. The number of benzene rings is 3. The van der Waals surface area contributed by atoms with Gasteiger partial charge in [0.1, 0.15) is 0 Å². The monoisotopic (exact) mass is 388 g/mol. The van der Waals surface area contributed by atoms with Crippen molar-refractivity contribution in [2.75, 3.05) is 6.61 Å². The van der Waals surface area contributed by atoms with Gasteiger partial charge < -0.3 is 9.84 Å². The first-order valence-corrected chi connectivity index (χ1v) is 10.3. The highest BCUT2D eigenvalue weighted by atomic mass is 16.6. The van der Waals surface area contributed by atoms with E-state index in [-0.39, 0.29) is 12.6 Å². The van der Waals surface area contributed by atoms with E-state index in [0.29, 0.717) is 12.8 Å². The number of aliphatic hydroxyl groups is 1. The number of unbranched alkanes of at least 4 members (excludes halogenated alkanes) is 1. The zero-order valence-electron chi connectivity index (χ0n) is 17.4. The Labute approximate surface area is 172 Å². The van der Waals surface area contributed by atoms with Crippen LogP contribution in [0.15, 0.2) is 60.7 Å². The summed E-state index contributed by atoms with van der Waals surface area (Å²) in [5.41, 5.74) is 2.90. The molecule has 3 aromatic carbocycles. The molecule has 3 aromatic rings. The topological polar surface area (TPSA) is 46.5 Å². The van der Waals surface area contributed by atoms with Gasteiger partial charge in [0.05, 0.1) is 5.41 Å². The van der Waals surface area contributed by atoms with Gasteiger partial charge in [0.2, 0.25) is 0 Å². The highest BCUT2D eigenvalue weighted by Crippen LogP contribution is 2.52. The molecule has 0 saturated heterocycles. The molecule has 0 spiro atoms. The zero-order valence-corrected chi connectivity index (χ0v) is 17.4. The van der Waals surface area contributed by atoms with Crippen LogP contribution in [-0.2, 0) is 15.1 Å². The summed E-state index contributed by atoms with van der Waals surface area (Å²) in [5.74, 6) is -0.215. The van der Waals surface area contributed by atoms with Crippen molar-refractivity contribution in [3.05, 3.63) is 71.8 Å². The van der Waals surface area contributed by atoms with Crippen molar-refractivity contribution in [2.24, 2.45) is 5.41 Å². The third-order valence-corrected chi connectivity index (χ3v) is 5.81. The summed E-state index contributed by atoms with van der Waals surface area (Å²) < 4.78 is 6.44. The van der Waals surface area contributed by atoms with Crippen LogP contribution >= 0.6 is 0 Å². The molecule has 0 saturated carbocycles. The predicted octanol–water partition coefficient (Wildman–Crippen LogP) is 5.82. The van der Waals surface area contributed by atoms with Crippen molar-refractivity contribution in [1.82, 2.24) is 0 Å². The van der Waals surface area contributed by atoms with Gasteiger partial charge in [0.25, 0.3) is 0 Å². The Morgan fingerprint density at radius 3 is 2.28 bits per heavy atom. The third kappa shape index (κ3) is 3.24. The first-order chi connectivity index (χ1) is 13.9. The van der Waals surface area contributed by atoms with Gasteiger partial charge in [-0.15, -0.1) is 0 Å². The van der Waals surface area contributed by atoms with Crippen molar-refractivity contribution in [3.8, 4) is 11.1 Å². The van der Waals surface area contributed by atoms with Gasteiger partial charge >= 0.3 is 5.97 Å². The van der Waals surface area contributed by atoms with E-state index in [1.54, 1.807) is 0 Å². The van der Waals surface area contributed by atoms with Gasteiger partial charge in [-0.2, -0.15) is 0 Å². The molecule has 1 unspecified atom stereocenters. The Hall–Kier alpha value is -2.65. The molecule has 1 aliphatic carbocycles. The fourth-order valence-corrected chi connectivity index (χ4v) is 4.34. The number of esters is 1. The van der Waals surface area contributed by atoms with E-state index in [9.17, 15) is 9.90 Å². The fourth-order valence-electron chi connectivity index (χ4n) is 4.34. The second kappa shape index (κ2) is 7.31. The molecule has 1 N–H and O–H groups in total. The van der Waals surface area contributed by atoms with Crippen molar-refractivity contribution < 1.29 is 14.6 Å². The van der Waals surface area contributed by atoms with Gasteiger partial charge in [-0.25, -0.2) is 0 Å². The minimum absolute atomic E-state index is 0.131. The van der Waals surface area contributed by atoms with Crippen molar-refractivity contribution in [3.63, 3.8) is 0 Å². The quantitative estimate of drug-likeness (QED) is 0.443. The minimum Gasteiger partial charge on any atom is -0.449 e. The molecule has 0 bridgehead atoms. The van der Waals surface area contributed by atoms with E-state index in [4.69, 9.17) is 4.74 Å². The average Bonchev–Trinajstić information content (AvgIpc) is 2.71. The summed E-state index contributed by atoms with van der Waals surface area (Å²) in [6, 6.07) is 20.8. The van der Waals surface area contributed by atoms with E-state index in [1.807, 2.05) is 39.0 Å². The van der Waals surface area contributed by atoms with Crippen LogP contribution in [0.25, 0.3) is 21.9 Å². The van der Waals surface area contributed by atoms with Crippen molar-refractivity contribution in [2.45, 2.75) is 45.6 Å². The van der Waals surface area contributed by atoms with E-state index in [1.165, 1.54) is 5.56 Å². The van der Waals surface area contributed by atoms with Crippen LogP contribution in [0.4, 0.5) is 0 Å². The number of ether oxygens (including phenoxy) is 1. The van der Waals surface area contributed by atoms with Crippen LogP contribution in [0.2, 0.25) is 0 Å². The summed E-state index contributed by atoms with van der Waals surface area (Å²) in [6.45, 7) is 5.80. The Balaban J connectivity index is 2.02. The molecule has 0 heterocycles. The van der Waals surface area contributed by atoms with Crippen molar-refractivity contribution in [1.29, 1.82) is 0 Å². The van der Waals surface area contributed by atoms with Crippen LogP contribution in [0, 0.1) is 5.41 Å². The second-order valence-electron chi connectivity index (χ2n) is 8.90. The fraction of sp³-hybridized carbons (Fsp3) is 0.346. The molecule has 1 atom stereocenters. The van der Waals surface area contributed by atoms with Gasteiger partial charge in [-0.05, 0) is 61.9 Å². The molecular formula is C26H28O3. The Morgan fingerprint density at radius 1 is 0.897 bits per heavy atom. The predicted molar refractivity (Wildman–Crippen MR) is 117 cm³/mol. The van der Waals surface area contributed by atoms with Gasteiger partial charge in [-0.1, -0.05) is 60.7 Å². The molecule has 3 heteroatoms. The van der Waals surface area contributed by atoms with Crippen LogP contribution in [0.1, 0.15) is 51.2 Å². The number of aliphatic hydroxyl groups excluding tert-OH is 1. The molecule has 0 amide bonds. The molecule has 0 fully saturated rings. The number of hydrogen-bond donors (Lipinski definition) is 1. The van der Waals surface area contributed by atoms with Crippen molar-refractivity contribution >= 4 is 16.7 Å². The first kappa shape index (κ1) is 19.7. The number of carbonyl (C=O) groups is 1. The van der Waals surface area contributed by atoms with E-state index < -0.39 is 11.0 Å². The molecule has 0 radical (unpaired) electrons. The molecule has 1 aliphatic rings. The largest absolute Gasteiger partial charge is 0.449 e. The molecule has 0 aromatic heterocycles. The lowest BCUT2D eigenvalue weighted by Gasteiger charge is -2.41. The Morgan fingerprint density at radius 2 is 1.55 bits per heavy atom.